The molecule has 9 nitrogen and oxygen atoms in total. The molecule has 3 aromatic carbocycles. The largest absolute Gasteiger partial charge is 0.325 e. The summed E-state index contributed by atoms with van der Waals surface area (Å²) in [6.07, 6.45) is 4.03. The third-order valence-corrected chi connectivity index (χ3v) is 7.36. The number of amides is 2. The number of aromatic amines is 1. The van der Waals surface area contributed by atoms with Gasteiger partial charge in [-0.15, -0.1) is 10.2 Å². The Hall–Kier alpha value is -4.53. The number of rotatable bonds is 7. The van der Waals surface area contributed by atoms with E-state index in [4.69, 9.17) is 4.98 Å². The first-order valence-corrected chi connectivity index (χ1v) is 13.6. The number of hydrogen-bond acceptors (Lipinski definition) is 5. The SMILES string of the molecule is CCCc1nc2c(C)cc(NC(=O)N3CCCC3)cc2n1Cc1ccc(-c2ccccc2-c2nn[nH]n2)cc1. The molecule has 2 N–H and O–H groups in total. The number of benzene rings is 3. The van der Waals surface area contributed by atoms with Crippen LogP contribution in [0.25, 0.3) is 33.5 Å². The zero-order valence-corrected chi connectivity index (χ0v) is 22.3. The molecule has 2 aromatic heterocycles. The van der Waals surface area contributed by atoms with Crippen LogP contribution in [-0.4, -0.2) is 54.2 Å². The van der Waals surface area contributed by atoms with Gasteiger partial charge in [-0.25, -0.2) is 9.78 Å². The van der Waals surface area contributed by atoms with Gasteiger partial charge in [0.25, 0.3) is 0 Å². The number of carbonyl (C=O) groups is 1. The molecule has 1 fully saturated rings. The standard InChI is InChI=1S/C30H32N8O/c1-3-8-27-32-28-20(2)17-23(31-30(39)37-15-6-7-16-37)18-26(28)38(27)19-21-11-13-22(14-12-21)24-9-4-5-10-25(24)29-33-35-36-34-29/h4-5,9-14,17-18H,3,6-8,15-16,19H2,1-2H3,(H,31,39)(H,33,34,35,36). The average molecular weight is 521 g/mol. The maximum Gasteiger partial charge on any atom is 0.321 e. The molecule has 0 atom stereocenters. The van der Waals surface area contributed by atoms with Crippen molar-refractivity contribution in [2.45, 2.75) is 46.1 Å². The Morgan fingerprint density at radius 3 is 2.51 bits per heavy atom. The molecule has 0 bridgehead atoms. The summed E-state index contributed by atoms with van der Waals surface area (Å²) in [6, 6.07) is 20.7. The monoisotopic (exact) mass is 520 g/mol. The van der Waals surface area contributed by atoms with Gasteiger partial charge in [0.1, 0.15) is 5.82 Å². The van der Waals surface area contributed by atoms with Crippen LogP contribution in [0.4, 0.5) is 10.5 Å². The topological polar surface area (TPSA) is 105 Å². The van der Waals surface area contributed by atoms with Gasteiger partial charge in [-0.2, -0.15) is 5.21 Å². The summed E-state index contributed by atoms with van der Waals surface area (Å²) in [5, 5.41) is 17.7. The molecule has 1 aliphatic heterocycles. The number of nitrogens with one attached hydrogen (secondary N) is 2. The number of H-pyrrole nitrogens is 1. The number of hydrogen-bond donors (Lipinski definition) is 2. The average Bonchev–Trinajstić information content (AvgIpc) is 3.73. The van der Waals surface area contributed by atoms with Crippen molar-refractivity contribution in [3.63, 3.8) is 0 Å². The third-order valence-electron chi connectivity index (χ3n) is 7.36. The molecule has 0 unspecified atom stereocenters. The molecule has 39 heavy (non-hydrogen) atoms. The summed E-state index contributed by atoms with van der Waals surface area (Å²) in [7, 11) is 0. The number of aromatic nitrogens is 6. The van der Waals surface area contributed by atoms with E-state index in [1.54, 1.807) is 0 Å². The van der Waals surface area contributed by atoms with Gasteiger partial charge in [-0.3, -0.25) is 0 Å². The van der Waals surface area contributed by atoms with Gasteiger partial charge in [0.05, 0.1) is 11.0 Å². The van der Waals surface area contributed by atoms with Crippen LogP contribution in [0.15, 0.2) is 60.7 Å². The second-order valence-electron chi connectivity index (χ2n) is 10.1. The highest BCUT2D eigenvalue weighted by Crippen LogP contribution is 2.31. The molecule has 0 radical (unpaired) electrons. The zero-order chi connectivity index (χ0) is 26.8. The minimum absolute atomic E-state index is 0.0252. The van der Waals surface area contributed by atoms with Crippen molar-refractivity contribution in [2.24, 2.45) is 0 Å². The summed E-state index contributed by atoms with van der Waals surface area (Å²) in [5.74, 6) is 1.64. The molecule has 3 heterocycles. The van der Waals surface area contributed by atoms with E-state index >= 15 is 0 Å². The van der Waals surface area contributed by atoms with E-state index in [2.05, 4.69) is 80.8 Å². The van der Waals surface area contributed by atoms with Crippen LogP contribution in [-0.2, 0) is 13.0 Å². The van der Waals surface area contributed by atoms with Crippen molar-refractivity contribution in [3.8, 4) is 22.5 Å². The Balaban J connectivity index is 1.31. The number of tetrazole rings is 1. The lowest BCUT2D eigenvalue weighted by Crippen LogP contribution is -2.32. The van der Waals surface area contributed by atoms with Crippen LogP contribution in [0.1, 0.15) is 43.1 Å². The zero-order valence-electron chi connectivity index (χ0n) is 22.3. The Kier molecular flexibility index (Phi) is 6.79. The van der Waals surface area contributed by atoms with E-state index in [0.717, 1.165) is 83.6 Å². The highest BCUT2D eigenvalue weighted by Gasteiger charge is 2.20. The van der Waals surface area contributed by atoms with Crippen molar-refractivity contribution in [2.75, 3.05) is 18.4 Å². The predicted molar refractivity (Wildman–Crippen MR) is 152 cm³/mol. The number of likely N-dealkylation sites (tertiary alicyclic amines) is 1. The maximum absolute atomic E-state index is 12.8. The fourth-order valence-corrected chi connectivity index (χ4v) is 5.40. The van der Waals surface area contributed by atoms with E-state index in [-0.39, 0.29) is 6.03 Å². The van der Waals surface area contributed by atoms with Crippen molar-refractivity contribution in [1.82, 2.24) is 35.1 Å². The van der Waals surface area contributed by atoms with Crippen LogP contribution >= 0.6 is 0 Å². The van der Waals surface area contributed by atoms with E-state index in [1.165, 1.54) is 5.56 Å². The van der Waals surface area contributed by atoms with Gasteiger partial charge in [0.2, 0.25) is 5.82 Å². The van der Waals surface area contributed by atoms with Crippen molar-refractivity contribution < 1.29 is 4.79 Å². The molecule has 0 saturated carbocycles. The van der Waals surface area contributed by atoms with Crippen molar-refractivity contribution in [1.29, 1.82) is 0 Å². The molecular formula is C30H32N8O. The molecule has 0 spiro atoms. The van der Waals surface area contributed by atoms with E-state index in [1.807, 2.05) is 29.2 Å². The number of urea groups is 1. The summed E-state index contributed by atoms with van der Waals surface area (Å²) in [4.78, 5) is 19.7. The molecule has 0 aliphatic carbocycles. The normalized spacial score (nSPS) is 13.3. The third kappa shape index (κ3) is 4.99. The first kappa shape index (κ1) is 24.8. The van der Waals surface area contributed by atoms with Gasteiger partial charge in [0.15, 0.2) is 0 Å². The quantitative estimate of drug-likeness (QED) is 0.281. The van der Waals surface area contributed by atoms with Gasteiger partial charge in [-0.05, 0) is 65.8 Å². The second-order valence-corrected chi connectivity index (χ2v) is 10.1. The van der Waals surface area contributed by atoms with Gasteiger partial charge in [0, 0.05) is 37.3 Å². The highest BCUT2D eigenvalue weighted by molar-refractivity contribution is 5.93. The number of carbonyl (C=O) groups excluding carboxylic acids is 1. The Bertz CT molecular complexity index is 1600. The summed E-state index contributed by atoms with van der Waals surface area (Å²) >= 11 is 0. The molecule has 6 rings (SSSR count). The minimum Gasteiger partial charge on any atom is -0.325 e. The minimum atomic E-state index is -0.0252. The molecule has 2 amide bonds. The predicted octanol–water partition coefficient (Wildman–Crippen LogP) is 5.82. The lowest BCUT2D eigenvalue weighted by Gasteiger charge is -2.17. The van der Waals surface area contributed by atoms with Gasteiger partial charge >= 0.3 is 6.03 Å². The van der Waals surface area contributed by atoms with Crippen molar-refractivity contribution in [3.05, 3.63) is 77.6 Å². The summed E-state index contributed by atoms with van der Waals surface area (Å²) in [5.41, 5.74) is 8.17. The Morgan fingerprint density at radius 1 is 1.03 bits per heavy atom. The van der Waals surface area contributed by atoms with E-state index < -0.39 is 0 Å². The van der Waals surface area contributed by atoms with Crippen LogP contribution in [0.2, 0.25) is 0 Å². The Morgan fingerprint density at radius 2 is 1.79 bits per heavy atom. The molecule has 9 heteroatoms. The van der Waals surface area contributed by atoms with Gasteiger partial charge < -0.3 is 14.8 Å². The van der Waals surface area contributed by atoms with Crippen LogP contribution in [0.5, 0.6) is 0 Å². The molecular weight excluding hydrogens is 488 g/mol. The van der Waals surface area contributed by atoms with E-state index in [9.17, 15) is 4.79 Å². The lowest BCUT2D eigenvalue weighted by molar-refractivity contribution is 0.222. The summed E-state index contributed by atoms with van der Waals surface area (Å²) in [6.45, 7) is 6.58. The lowest BCUT2D eigenvalue weighted by atomic mass is 9.98. The maximum atomic E-state index is 12.8. The molecule has 198 valence electrons. The first-order chi connectivity index (χ1) is 19.1. The van der Waals surface area contributed by atoms with Crippen LogP contribution in [0, 0.1) is 6.92 Å². The second kappa shape index (κ2) is 10.7. The number of fused-ring (bicyclic) bond motifs is 1. The number of nitrogens with zero attached hydrogens (tertiary/aromatic N) is 6. The Labute approximate surface area is 227 Å². The summed E-state index contributed by atoms with van der Waals surface area (Å²) < 4.78 is 2.29. The highest BCUT2D eigenvalue weighted by atomic mass is 16.2. The smallest absolute Gasteiger partial charge is 0.321 e. The van der Waals surface area contributed by atoms with E-state index in [0.29, 0.717) is 12.4 Å². The molecule has 5 aromatic rings. The number of anilines is 1. The van der Waals surface area contributed by atoms with Crippen LogP contribution in [0.3, 0.4) is 0 Å². The number of aryl methyl sites for hydroxylation is 2. The molecule has 1 aliphatic rings. The van der Waals surface area contributed by atoms with Gasteiger partial charge in [-0.1, -0.05) is 55.5 Å². The van der Waals surface area contributed by atoms with Crippen LogP contribution < -0.4 is 5.32 Å². The first-order valence-electron chi connectivity index (χ1n) is 13.6. The number of imidazole rings is 1. The molecule has 1 saturated heterocycles. The van der Waals surface area contributed by atoms with Crippen molar-refractivity contribution >= 4 is 22.8 Å². The fraction of sp³-hybridized carbons (Fsp3) is 0.300. The fourth-order valence-electron chi connectivity index (χ4n) is 5.40.